The minimum Gasteiger partial charge on any atom is -0.403 e. The molecule has 7 heteroatoms. The fourth-order valence-corrected chi connectivity index (χ4v) is 2.23. The lowest BCUT2D eigenvalue weighted by atomic mass is 10.2. The second-order valence-electron chi connectivity index (χ2n) is 5.04. The maximum atomic E-state index is 5.60. The fourth-order valence-electron chi connectivity index (χ4n) is 2.23. The van der Waals surface area contributed by atoms with Crippen LogP contribution in [0, 0.1) is 6.92 Å². The standard InChI is InChI=1S/C14H19N5O2.C2H6/c1-11-8-12(10-15-9-11)13-17-18-14(21-13)16-2-3-19-4-6-20-7-5-19;1-2/h8-10H,2-7H2,1H3,(H,16,18);1-2H3. The number of pyridine rings is 1. The fraction of sp³-hybridized carbons (Fsp3) is 0.562. The molecule has 3 rings (SSSR count). The molecule has 1 fully saturated rings. The predicted molar refractivity (Wildman–Crippen MR) is 89.4 cm³/mol. The van der Waals surface area contributed by atoms with Gasteiger partial charge in [-0.15, -0.1) is 5.10 Å². The topological polar surface area (TPSA) is 76.3 Å². The number of hydrogen-bond donors (Lipinski definition) is 1. The highest BCUT2D eigenvalue weighted by molar-refractivity contribution is 5.52. The van der Waals surface area contributed by atoms with Crippen LogP contribution >= 0.6 is 0 Å². The molecule has 7 nitrogen and oxygen atoms in total. The molecule has 0 aliphatic carbocycles. The number of rotatable bonds is 5. The van der Waals surface area contributed by atoms with Crippen LogP contribution in [-0.2, 0) is 4.74 Å². The number of aromatic nitrogens is 3. The van der Waals surface area contributed by atoms with E-state index in [0.29, 0.717) is 11.9 Å². The maximum absolute atomic E-state index is 5.60. The Kier molecular flexibility index (Phi) is 6.96. The molecular formula is C16H25N5O2. The second-order valence-corrected chi connectivity index (χ2v) is 5.04. The van der Waals surface area contributed by atoms with E-state index in [1.807, 2.05) is 26.8 Å². The normalized spacial score (nSPS) is 14.9. The Morgan fingerprint density at radius 2 is 1.96 bits per heavy atom. The lowest BCUT2D eigenvalue weighted by molar-refractivity contribution is 0.0398. The van der Waals surface area contributed by atoms with Gasteiger partial charge in [0.25, 0.3) is 5.89 Å². The lowest BCUT2D eigenvalue weighted by Gasteiger charge is -2.26. The summed E-state index contributed by atoms with van der Waals surface area (Å²) in [4.78, 5) is 6.47. The van der Waals surface area contributed by atoms with Crippen molar-refractivity contribution in [1.29, 1.82) is 0 Å². The first kappa shape index (κ1) is 17.4. The summed E-state index contributed by atoms with van der Waals surface area (Å²) in [5.41, 5.74) is 1.90. The molecule has 0 aromatic carbocycles. The zero-order chi connectivity index (χ0) is 16.5. The highest BCUT2D eigenvalue weighted by atomic mass is 16.5. The van der Waals surface area contributed by atoms with Crippen LogP contribution in [0.2, 0.25) is 0 Å². The molecule has 0 bridgehead atoms. The molecule has 1 aliphatic heterocycles. The van der Waals surface area contributed by atoms with E-state index in [9.17, 15) is 0 Å². The Morgan fingerprint density at radius 1 is 1.17 bits per heavy atom. The highest BCUT2D eigenvalue weighted by Gasteiger charge is 2.11. The molecule has 0 saturated carbocycles. The minimum atomic E-state index is 0.444. The van der Waals surface area contributed by atoms with E-state index < -0.39 is 0 Å². The van der Waals surface area contributed by atoms with Gasteiger partial charge in [-0.25, -0.2) is 0 Å². The summed E-state index contributed by atoms with van der Waals surface area (Å²) < 4.78 is 10.9. The number of anilines is 1. The molecule has 23 heavy (non-hydrogen) atoms. The zero-order valence-electron chi connectivity index (χ0n) is 14.1. The van der Waals surface area contributed by atoms with E-state index in [4.69, 9.17) is 9.15 Å². The Balaban J connectivity index is 0.000000924. The van der Waals surface area contributed by atoms with Crippen molar-refractivity contribution in [1.82, 2.24) is 20.1 Å². The first-order valence-corrected chi connectivity index (χ1v) is 8.11. The van der Waals surface area contributed by atoms with Gasteiger partial charge in [-0.3, -0.25) is 9.88 Å². The lowest BCUT2D eigenvalue weighted by Crippen LogP contribution is -2.39. The Hall–Kier alpha value is -1.99. The SMILES string of the molecule is CC.Cc1cncc(-c2nnc(NCCN3CCOCC3)o2)c1. The third kappa shape index (κ3) is 5.30. The molecule has 1 N–H and O–H groups in total. The van der Waals surface area contributed by atoms with Crippen LogP contribution in [0.1, 0.15) is 19.4 Å². The molecular weight excluding hydrogens is 294 g/mol. The van der Waals surface area contributed by atoms with Gasteiger partial charge in [0, 0.05) is 38.6 Å². The van der Waals surface area contributed by atoms with Crippen LogP contribution in [0.15, 0.2) is 22.9 Å². The molecule has 126 valence electrons. The van der Waals surface area contributed by atoms with Gasteiger partial charge in [-0.2, -0.15) is 0 Å². The van der Waals surface area contributed by atoms with Gasteiger partial charge in [0.2, 0.25) is 0 Å². The number of morpholine rings is 1. The maximum Gasteiger partial charge on any atom is 0.315 e. The third-order valence-corrected chi connectivity index (χ3v) is 3.35. The van der Waals surface area contributed by atoms with Crippen LogP contribution < -0.4 is 5.32 Å². The largest absolute Gasteiger partial charge is 0.403 e. The van der Waals surface area contributed by atoms with Crippen molar-refractivity contribution in [2.75, 3.05) is 44.7 Å². The van der Waals surface area contributed by atoms with Gasteiger partial charge < -0.3 is 14.5 Å². The molecule has 0 spiro atoms. The van der Waals surface area contributed by atoms with Gasteiger partial charge in [0.1, 0.15) is 0 Å². The van der Waals surface area contributed by atoms with E-state index in [1.165, 1.54) is 0 Å². The zero-order valence-corrected chi connectivity index (χ0v) is 14.1. The van der Waals surface area contributed by atoms with Crippen molar-refractivity contribution < 1.29 is 9.15 Å². The summed E-state index contributed by atoms with van der Waals surface area (Å²) in [7, 11) is 0. The van der Waals surface area contributed by atoms with E-state index >= 15 is 0 Å². The molecule has 1 aliphatic rings. The quantitative estimate of drug-likeness (QED) is 0.905. The average Bonchev–Trinajstić information content (AvgIpc) is 3.07. The highest BCUT2D eigenvalue weighted by Crippen LogP contribution is 2.19. The van der Waals surface area contributed by atoms with Crippen molar-refractivity contribution in [3.8, 4) is 11.5 Å². The monoisotopic (exact) mass is 319 g/mol. The number of aryl methyl sites for hydroxylation is 1. The van der Waals surface area contributed by atoms with Crippen molar-refractivity contribution in [2.45, 2.75) is 20.8 Å². The summed E-state index contributed by atoms with van der Waals surface area (Å²) in [6.07, 6.45) is 3.51. The third-order valence-electron chi connectivity index (χ3n) is 3.35. The van der Waals surface area contributed by atoms with E-state index in [-0.39, 0.29) is 0 Å². The Labute approximate surface area is 137 Å². The van der Waals surface area contributed by atoms with E-state index in [2.05, 4.69) is 25.4 Å². The van der Waals surface area contributed by atoms with Crippen molar-refractivity contribution in [3.05, 3.63) is 24.0 Å². The van der Waals surface area contributed by atoms with Crippen LogP contribution in [0.25, 0.3) is 11.5 Å². The van der Waals surface area contributed by atoms with Crippen molar-refractivity contribution in [2.24, 2.45) is 0 Å². The molecule has 3 heterocycles. The predicted octanol–water partition coefficient (Wildman–Crippen LogP) is 2.21. The molecule has 0 amide bonds. The number of hydrogen-bond acceptors (Lipinski definition) is 7. The van der Waals surface area contributed by atoms with Crippen LogP contribution in [0.3, 0.4) is 0 Å². The van der Waals surface area contributed by atoms with Crippen LogP contribution in [-0.4, -0.2) is 59.5 Å². The smallest absolute Gasteiger partial charge is 0.315 e. The van der Waals surface area contributed by atoms with Gasteiger partial charge >= 0.3 is 6.01 Å². The summed E-state index contributed by atoms with van der Waals surface area (Å²) >= 11 is 0. The first-order chi connectivity index (χ1) is 11.3. The van der Waals surface area contributed by atoms with E-state index in [1.54, 1.807) is 12.4 Å². The summed E-state index contributed by atoms with van der Waals surface area (Å²) in [6.45, 7) is 11.3. The van der Waals surface area contributed by atoms with Crippen molar-refractivity contribution >= 4 is 6.01 Å². The van der Waals surface area contributed by atoms with Gasteiger partial charge in [0.05, 0.1) is 18.8 Å². The van der Waals surface area contributed by atoms with Crippen LogP contribution in [0.5, 0.6) is 0 Å². The van der Waals surface area contributed by atoms with E-state index in [0.717, 1.165) is 50.5 Å². The average molecular weight is 319 g/mol. The number of nitrogens with one attached hydrogen (secondary N) is 1. The summed E-state index contributed by atoms with van der Waals surface area (Å²) in [6, 6.07) is 2.41. The number of nitrogens with zero attached hydrogens (tertiary/aromatic N) is 4. The molecule has 0 radical (unpaired) electrons. The summed E-state index contributed by atoms with van der Waals surface area (Å²) in [5.74, 6) is 0.486. The Morgan fingerprint density at radius 3 is 2.70 bits per heavy atom. The molecule has 0 atom stereocenters. The van der Waals surface area contributed by atoms with Crippen LogP contribution in [0.4, 0.5) is 6.01 Å². The first-order valence-electron chi connectivity index (χ1n) is 8.11. The molecule has 2 aromatic heterocycles. The Bertz CT molecular complexity index is 581. The number of ether oxygens (including phenoxy) is 1. The molecule has 2 aromatic rings. The molecule has 1 saturated heterocycles. The van der Waals surface area contributed by atoms with Gasteiger partial charge in [0.15, 0.2) is 0 Å². The minimum absolute atomic E-state index is 0.444. The summed E-state index contributed by atoms with van der Waals surface area (Å²) in [5, 5.41) is 11.2. The van der Waals surface area contributed by atoms with Crippen molar-refractivity contribution in [3.63, 3.8) is 0 Å². The molecule has 0 unspecified atom stereocenters. The van der Waals surface area contributed by atoms with Gasteiger partial charge in [-0.1, -0.05) is 18.9 Å². The van der Waals surface area contributed by atoms with Gasteiger partial charge in [-0.05, 0) is 18.6 Å². The second kappa shape index (κ2) is 9.22.